The fraction of sp³-hybridized carbons (Fsp3) is 0.280. The van der Waals surface area contributed by atoms with Gasteiger partial charge < -0.3 is 5.32 Å². The highest BCUT2D eigenvalue weighted by Crippen LogP contribution is 2.19. The summed E-state index contributed by atoms with van der Waals surface area (Å²) in [6.07, 6.45) is 6.80. The Morgan fingerprint density at radius 3 is 2.71 bits per heavy atom. The van der Waals surface area contributed by atoms with Crippen molar-refractivity contribution in [2.45, 2.75) is 45.6 Å². The van der Waals surface area contributed by atoms with Gasteiger partial charge in [-0.2, -0.15) is 0 Å². The Morgan fingerprint density at radius 1 is 1.13 bits per heavy atom. The molecular weight excluding hydrogens is 388 g/mol. The lowest BCUT2D eigenvalue weighted by Gasteiger charge is -2.14. The third-order valence-corrected chi connectivity index (χ3v) is 5.53. The summed E-state index contributed by atoms with van der Waals surface area (Å²) < 4.78 is 1.46. The van der Waals surface area contributed by atoms with Crippen LogP contribution in [-0.2, 0) is 6.42 Å². The number of hydrogen-bond acceptors (Lipinski definition) is 4. The van der Waals surface area contributed by atoms with Gasteiger partial charge in [0.1, 0.15) is 5.65 Å². The van der Waals surface area contributed by atoms with Gasteiger partial charge in [-0.3, -0.25) is 19.0 Å². The molecule has 3 aromatic heterocycles. The fourth-order valence-electron chi connectivity index (χ4n) is 3.62. The average molecular weight is 415 g/mol. The molecule has 6 heteroatoms. The monoisotopic (exact) mass is 414 g/mol. The Balaban J connectivity index is 1.57. The molecule has 6 nitrogen and oxygen atoms in total. The Morgan fingerprint density at radius 2 is 1.97 bits per heavy atom. The summed E-state index contributed by atoms with van der Waals surface area (Å²) in [5.41, 5.74) is 3.68. The first-order chi connectivity index (χ1) is 14.9. The molecule has 1 amide bonds. The molecule has 158 valence electrons. The van der Waals surface area contributed by atoms with E-state index >= 15 is 0 Å². The highest BCUT2D eigenvalue weighted by molar-refractivity contribution is 5.94. The van der Waals surface area contributed by atoms with Gasteiger partial charge in [0.05, 0.1) is 16.5 Å². The van der Waals surface area contributed by atoms with E-state index in [9.17, 15) is 9.59 Å². The zero-order valence-corrected chi connectivity index (χ0v) is 18.0. The summed E-state index contributed by atoms with van der Waals surface area (Å²) in [5.74, 6) is 0.110. The second-order valence-electron chi connectivity index (χ2n) is 8.27. The molecule has 0 aliphatic heterocycles. The first kappa shape index (κ1) is 20.7. The van der Waals surface area contributed by atoms with Crippen LogP contribution < -0.4 is 10.9 Å². The van der Waals surface area contributed by atoms with Gasteiger partial charge in [0.2, 0.25) is 0 Å². The Bertz CT molecular complexity index is 1300. The molecule has 1 atom stereocenters. The Labute approximate surface area is 181 Å². The van der Waals surface area contributed by atoms with Gasteiger partial charge in [0, 0.05) is 24.6 Å². The number of aromatic nitrogens is 3. The second kappa shape index (κ2) is 8.68. The molecule has 1 aromatic carbocycles. The highest BCUT2D eigenvalue weighted by atomic mass is 16.2. The van der Waals surface area contributed by atoms with Crippen LogP contribution in [0.25, 0.3) is 16.6 Å². The number of carbonyl (C=O) groups is 1. The molecule has 0 fully saturated rings. The van der Waals surface area contributed by atoms with E-state index in [1.165, 1.54) is 4.40 Å². The van der Waals surface area contributed by atoms with Crippen molar-refractivity contribution in [3.8, 4) is 0 Å². The van der Waals surface area contributed by atoms with Crippen LogP contribution in [0.5, 0.6) is 0 Å². The maximum absolute atomic E-state index is 13.1. The summed E-state index contributed by atoms with van der Waals surface area (Å²) in [5, 5.41) is 3.58. The molecule has 4 aromatic rings. The molecule has 0 radical (unpaired) electrons. The minimum atomic E-state index is -0.205. The normalized spacial score (nSPS) is 12.4. The van der Waals surface area contributed by atoms with E-state index in [2.05, 4.69) is 29.1 Å². The van der Waals surface area contributed by atoms with Gasteiger partial charge in [-0.15, -0.1) is 0 Å². The van der Waals surface area contributed by atoms with Crippen LogP contribution in [-0.4, -0.2) is 26.3 Å². The predicted octanol–water partition coefficient (Wildman–Crippen LogP) is 4.12. The Kier molecular flexibility index (Phi) is 5.80. The molecule has 4 rings (SSSR count). The maximum Gasteiger partial charge on any atom is 0.265 e. The summed E-state index contributed by atoms with van der Waals surface area (Å²) in [6, 6.07) is 13.1. The van der Waals surface area contributed by atoms with E-state index in [-0.39, 0.29) is 17.5 Å². The van der Waals surface area contributed by atoms with Crippen molar-refractivity contribution in [2.75, 3.05) is 0 Å². The van der Waals surface area contributed by atoms with E-state index in [1.54, 1.807) is 24.5 Å². The van der Waals surface area contributed by atoms with Crippen LogP contribution in [0.3, 0.4) is 0 Å². The topological polar surface area (TPSA) is 76.4 Å². The van der Waals surface area contributed by atoms with Gasteiger partial charge in [-0.1, -0.05) is 26.0 Å². The molecular formula is C25H26N4O2. The standard InChI is InChI=1S/C25H26N4O2/c1-16(2)19-8-10-22-21(13-19)25(31)29-15-20(9-11-23(29)28-22)24(30)27-17(3)6-7-18-5-4-12-26-14-18/h4-5,8-17H,6-7H2,1-3H3,(H,27,30). The van der Waals surface area contributed by atoms with Crippen molar-refractivity contribution in [3.05, 3.63) is 88.1 Å². The molecule has 0 saturated carbocycles. The number of nitrogens with one attached hydrogen (secondary N) is 1. The molecule has 0 spiro atoms. The van der Waals surface area contributed by atoms with Crippen molar-refractivity contribution in [2.24, 2.45) is 0 Å². The molecule has 31 heavy (non-hydrogen) atoms. The number of aryl methyl sites for hydroxylation is 1. The van der Waals surface area contributed by atoms with Gasteiger partial charge in [-0.25, -0.2) is 4.98 Å². The van der Waals surface area contributed by atoms with Crippen LogP contribution in [0.2, 0.25) is 0 Å². The smallest absolute Gasteiger partial charge is 0.265 e. The largest absolute Gasteiger partial charge is 0.350 e. The average Bonchev–Trinajstić information content (AvgIpc) is 2.78. The van der Waals surface area contributed by atoms with Crippen LogP contribution in [0, 0.1) is 0 Å². The summed E-state index contributed by atoms with van der Waals surface area (Å²) in [7, 11) is 0. The lowest BCUT2D eigenvalue weighted by atomic mass is 10.0. The van der Waals surface area contributed by atoms with E-state index < -0.39 is 0 Å². The number of carbonyl (C=O) groups excluding carboxylic acids is 1. The number of rotatable bonds is 6. The number of nitrogens with zero attached hydrogens (tertiary/aromatic N) is 3. The first-order valence-electron chi connectivity index (χ1n) is 10.6. The van der Waals surface area contributed by atoms with Crippen LogP contribution in [0.1, 0.15) is 54.6 Å². The highest BCUT2D eigenvalue weighted by Gasteiger charge is 2.13. The minimum absolute atomic E-state index is 0.0107. The van der Waals surface area contributed by atoms with Crippen molar-refractivity contribution in [3.63, 3.8) is 0 Å². The van der Waals surface area contributed by atoms with Gasteiger partial charge in [0.25, 0.3) is 11.5 Å². The molecule has 3 heterocycles. The van der Waals surface area contributed by atoms with Crippen LogP contribution in [0.4, 0.5) is 0 Å². The summed E-state index contributed by atoms with van der Waals surface area (Å²) in [6.45, 7) is 6.15. The molecule has 0 aliphatic rings. The SMILES string of the molecule is CC(CCc1cccnc1)NC(=O)c1ccc2nc3ccc(C(C)C)cc3c(=O)n2c1. The van der Waals surface area contributed by atoms with E-state index in [0.717, 1.165) is 24.0 Å². The first-order valence-corrected chi connectivity index (χ1v) is 10.6. The van der Waals surface area contributed by atoms with Gasteiger partial charge in [-0.05, 0) is 67.1 Å². The second-order valence-corrected chi connectivity index (χ2v) is 8.27. The third kappa shape index (κ3) is 4.48. The van der Waals surface area contributed by atoms with Crippen molar-refractivity contribution >= 4 is 22.5 Å². The minimum Gasteiger partial charge on any atom is -0.350 e. The molecule has 0 saturated heterocycles. The maximum atomic E-state index is 13.1. The third-order valence-electron chi connectivity index (χ3n) is 5.53. The van der Waals surface area contributed by atoms with Crippen LogP contribution in [0.15, 0.2) is 65.8 Å². The van der Waals surface area contributed by atoms with Crippen molar-refractivity contribution < 1.29 is 4.79 Å². The zero-order valence-electron chi connectivity index (χ0n) is 18.0. The van der Waals surface area contributed by atoms with Gasteiger partial charge >= 0.3 is 0 Å². The molecule has 0 aliphatic carbocycles. The van der Waals surface area contributed by atoms with Crippen LogP contribution >= 0.6 is 0 Å². The van der Waals surface area contributed by atoms with E-state index in [0.29, 0.717) is 28.0 Å². The van der Waals surface area contributed by atoms with Gasteiger partial charge in [0.15, 0.2) is 0 Å². The number of fused-ring (bicyclic) bond motifs is 2. The van der Waals surface area contributed by atoms with Crippen molar-refractivity contribution in [1.29, 1.82) is 0 Å². The summed E-state index contributed by atoms with van der Waals surface area (Å²) in [4.78, 5) is 34.6. The predicted molar refractivity (Wildman–Crippen MR) is 123 cm³/mol. The molecule has 1 N–H and O–H groups in total. The molecule has 1 unspecified atom stereocenters. The summed E-state index contributed by atoms with van der Waals surface area (Å²) >= 11 is 0. The van der Waals surface area contributed by atoms with E-state index in [1.807, 2.05) is 43.5 Å². The number of benzene rings is 1. The lowest BCUT2D eigenvalue weighted by Crippen LogP contribution is -2.33. The Hall–Kier alpha value is -3.54. The number of pyridine rings is 2. The fourth-order valence-corrected chi connectivity index (χ4v) is 3.62. The lowest BCUT2D eigenvalue weighted by molar-refractivity contribution is 0.0938. The molecule has 0 bridgehead atoms. The number of amides is 1. The zero-order chi connectivity index (χ0) is 22.0. The quantitative estimate of drug-likeness (QED) is 0.482. The van der Waals surface area contributed by atoms with Crippen molar-refractivity contribution in [1.82, 2.24) is 19.7 Å². The van der Waals surface area contributed by atoms with E-state index in [4.69, 9.17) is 0 Å². The number of hydrogen-bond donors (Lipinski definition) is 1.